The third-order valence-electron chi connectivity index (χ3n) is 8.47. The molecule has 3 aliphatic rings. The number of pyridine rings is 1. The first-order chi connectivity index (χ1) is 19.2. The van der Waals surface area contributed by atoms with Crippen LogP contribution in [-0.2, 0) is 16.1 Å². The molecule has 8 heteroatoms. The molecule has 2 aromatic carbocycles. The summed E-state index contributed by atoms with van der Waals surface area (Å²) in [6, 6.07) is 16.0. The Bertz CT molecular complexity index is 1460. The van der Waals surface area contributed by atoms with Crippen molar-refractivity contribution in [2.75, 3.05) is 25.1 Å². The number of nitrogens with zero attached hydrogens (tertiary/aromatic N) is 3. The van der Waals surface area contributed by atoms with Crippen LogP contribution in [0.4, 0.5) is 10.6 Å². The zero-order chi connectivity index (χ0) is 28.1. The van der Waals surface area contributed by atoms with E-state index in [2.05, 4.69) is 36.9 Å². The lowest BCUT2D eigenvalue weighted by molar-refractivity contribution is -0.138. The average Bonchev–Trinajstić information content (AvgIpc) is 3.65. The quantitative estimate of drug-likeness (QED) is 0.382. The highest BCUT2D eigenvalue weighted by Crippen LogP contribution is 2.49. The fourth-order valence-corrected chi connectivity index (χ4v) is 6.08. The molecule has 0 unspecified atom stereocenters. The van der Waals surface area contributed by atoms with Gasteiger partial charge in [-0.25, -0.2) is 9.78 Å². The predicted octanol–water partition coefficient (Wildman–Crippen LogP) is 5.85. The molecule has 3 heterocycles. The fraction of sp³-hybridized carbons (Fsp3) is 0.406. The minimum Gasteiger partial charge on any atom is -0.496 e. The number of anilines is 1. The molecule has 2 saturated heterocycles. The van der Waals surface area contributed by atoms with E-state index in [0.29, 0.717) is 12.2 Å². The Morgan fingerprint density at radius 2 is 1.80 bits per heavy atom. The molecule has 2 aliphatic heterocycles. The van der Waals surface area contributed by atoms with Crippen molar-refractivity contribution in [1.29, 1.82) is 0 Å². The van der Waals surface area contributed by atoms with E-state index in [1.165, 1.54) is 0 Å². The van der Waals surface area contributed by atoms with Gasteiger partial charge in [-0.1, -0.05) is 35.4 Å². The zero-order valence-electron chi connectivity index (χ0n) is 23.4. The van der Waals surface area contributed by atoms with Crippen molar-refractivity contribution in [3.8, 4) is 16.9 Å². The van der Waals surface area contributed by atoms with Crippen LogP contribution in [0.15, 0.2) is 48.5 Å². The molecule has 6 rings (SSSR count). The normalized spacial score (nSPS) is 23.6. The molecule has 4 atom stereocenters. The van der Waals surface area contributed by atoms with Crippen LogP contribution < -0.4 is 9.64 Å². The summed E-state index contributed by atoms with van der Waals surface area (Å²) in [5.41, 5.74) is 6.71. The van der Waals surface area contributed by atoms with Gasteiger partial charge in [0.1, 0.15) is 17.7 Å². The van der Waals surface area contributed by atoms with Crippen LogP contribution in [0, 0.1) is 19.8 Å². The van der Waals surface area contributed by atoms with Gasteiger partial charge in [0.15, 0.2) is 0 Å². The van der Waals surface area contributed by atoms with Crippen LogP contribution in [-0.4, -0.2) is 53.3 Å². The van der Waals surface area contributed by atoms with E-state index in [1.807, 2.05) is 37.3 Å². The van der Waals surface area contributed by atoms with Gasteiger partial charge in [-0.3, -0.25) is 9.69 Å². The van der Waals surface area contributed by atoms with Gasteiger partial charge < -0.3 is 19.5 Å². The van der Waals surface area contributed by atoms with E-state index in [0.717, 1.165) is 64.4 Å². The highest BCUT2D eigenvalue weighted by Gasteiger charge is 2.44. The zero-order valence-corrected chi connectivity index (χ0v) is 23.4. The van der Waals surface area contributed by atoms with Gasteiger partial charge in [0.2, 0.25) is 0 Å². The Balaban J connectivity index is 1.37. The lowest BCUT2D eigenvalue weighted by atomic mass is 9.96. The average molecular weight is 542 g/mol. The third kappa shape index (κ3) is 4.76. The molecule has 0 bridgehead atoms. The Morgan fingerprint density at radius 1 is 1.05 bits per heavy atom. The maximum Gasteiger partial charge on any atom is 0.411 e. The number of cyclic esters (lactones) is 1. The Labute approximate surface area is 234 Å². The SMILES string of the molecule is COc1ccc([C@@H]2C[C@H]2C(=O)O)cc1-c1ccc(N2CCC2)nc1CN1C(=O)O[C@H](c2cc(C)cc(C)c2)[C@@H]1C. The second-order valence-electron chi connectivity index (χ2n) is 11.3. The molecular weight excluding hydrogens is 506 g/mol. The van der Waals surface area contributed by atoms with Crippen molar-refractivity contribution in [2.24, 2.45) is 5.92 Å². The molecular formula is C32H35N3O5. The molecule has 1 N–H and O–H groups in total. The minimum atomic E-state index is -0.761. The van der Waals surface area contributed by atoms with Crippen LogP contribution in [0.1, 0.15) is 59.7 Å². The number of aromatic nitrogens is 1. The molecule has 1 aromatic heterocycles. The van der Waals surface area contributed by atoms with E-state index in [-0.39, 0.29) is 36.6 Å². The van der Waals surface area contributed by atoms with E-state index >= 15 is 0 Å². The van der Waals surface area contributed by atoms with Crippen LogP contribution in [0.5, 0.6) is 5.75 Å². The Hall–Kier alpha value is -4.07. The van der Waals surface area contributed by atoms with Crippen molar-refractivity contribution in [3.63, 3.8) is 0 Å². The first kappa shape index (κ1) is 26.2. The Kier molecular flexibility index (Phi) is 6.64. The molecule has 40 heavy (non-hydrogen) atoms. The number of carboxylic acids is 1. The standard InChI is InChI=1S/C32H35N3O5/c1-18-12-19(2)14-22(13-18)30-20(3)35(32(38)40-30)17-27-23(7-9-29(33-27)34-10-5-11-34)25-15-21(6-8-28(25)39-4)24-16-26(24)31(36)37/h6-9,12-15,20,24,26,30H,5,10-11,16-17H2,1-4H3,(H,36,37)/t20-,24-,26+,30-/m0/s1. The monoisotopic (exact) mass is 541 g/mol. The molecule has 0 radical (unpaired) electrons. The second kappa shape index (κ2) is 10.2. The Morgan fingerprint density at radius 3 is 2.42 bits per heavy atom. The maximum absolute atomic E-state index is 13.2. The molecule has 0 spiro atoms. The van der Waals surface area contributed by atoms with Gasteiger partial charge >= 0.3 is 12.1 Å². The molecule has 3 aromatic rings. The molecule has 208 valence electrons. The number of hydrogen-bond donors (Lipinski definition) is 1. The minimum absolute atomic E-state index is 0.00829. The number of carbonyl (C=O) groups excluding carboxylic acids is 1. The highest BCUT2D eigenvalue weighted by atomic mass is 16.6. The largest absolute Gasteiger partial charge is 0.496 e. The molecule has 8 nitrogen and oxygen atoms in total. The van der Waals surface area contributed by atoms with Gasteiger partial charge in [-0.15, -0.1) is 0 Å². The summed E-state index contributed by atoms with van der Waals surface area (Å²) in [4.78, 5) is 33.8. The van der Waals surface area contributed by atoms with Crippen molar-refractivity contribution < 1.29 is 24.2 Å². The maximum atomic E-state index is 13.2. The number of aliphatic carboxylic acids is 1. The summed E-state index contributed by atoms with van der Waals surface area (Å²) >= 11 is 0. The number of carbonyl (C=O) groups is 2. The smallest absolute Gasteiger partial charge is 0.411 e. The van der Waals surface area contributed by atoms with Crippen LogP contribution in [0.2, 0.25) is 0 Å². The number of rotatable bonds is 8. The van der Waals surface area contributed by atoms with Gasteiger partial charge in [-0.05, 0) is 74.9 Å². The van der Waals surface area contributed by atoms with Crippen LogP contribution in [0.3, 0.4) is 0 Å². The molecule has 3 fully saturated rings. The van der Waals surface area contributed by atoms with E-state index in [4.69, 9.17) is 14.5 Å². The van der Waals surface area contributed by atoms with Gasteiger partial charge in [-0.2, -0.15) is 0 Å². The van der Waals surface area contributed by atoms with Crippen LogP contribution in [0.25, 0.3) is 11.1 Å². The molecule has 1 amide bonds. The van der Waals surface area contributed by atoms with Gasteiger partial charge in [0.25, 0.3) is 0 Å². The molecule has 1 aliphatic carbocycles. The topological polar surface area (TPSA) is 92.2 Å². The lowest BCUT2D eigenvalue weighted by Gasteiger charge is -2.33. The summed E-state index contributed by atoms with van der Waals surface area (Å²) in [5, 5.41) is 9.48. The summed E-state index contributed by atoms with van der Waals surface area (Å²) in [6.07, 6.45) is 1.04. The van der Waals surface area contributed by atoms with Crippen molar-refractivity contribution in [3.05, 3.63) is 76.5 Å². The summed E-state index contributed by atoms with van der Waals surface area (Å²) < 4.78 is 11.7. The third-order valence-corrected chi connectivity index (χ3v) is 8.47. The highest BCUT2D eigenvalue weighted by molar-refractivity contribution is 5.78. The van der Waals surface area contributed by atoms with Crippen molar-refractivity contribution in [1.82, 2.24) is 9.88 Å². The van der Waals surface area contributed by atoms with E-state index in [9.17, 15) is 14.7 Å². The number of hydrogen-bond acceptors (Lipinski definition) is 6. The van der Waals surface area contributed by atoms with Crippen LogP contribution >= 0.6 is 0 Å². The summed E-state index contributed by atoms with van der Waals surface area (Å²) in [7, 11) is 1.63. The number of ether oxygens (including phenoxy) is 2. The number of aryl methyl sites for hydroxylation is 2. The summed E-state index contributed by atoms with van der Waals surface area (Å²) in [5.74, 6) is 0.449. The number of amides is 1. The number of methoxy groups -OCH3 is 1. The first-order valence-electron chi connectivity index (χ1n) is 13.9. The molecule has 1 saturated carbocycles. The summed E-state index contributed by atoms with van der Waals surface area (Å²) in [6.45, 7) is 8.32. The number of carboxylic acid groups (broad SMARTS) is 1. The fourth-order valence-electron chi connectivity index (χ4n) is 6.08. The first-order valence-corrected chi connectivity index (χ1v) is 13.9. The van der Waals surface area contributed by atoms with Gasteiger partial charge in [0, 0.05) is 24.2 Å². The van der Waals surface area contributed by atoms with E-state index in [1.54, 1.807) is 12.0 Å². The van der Waals surface area contributed by atoms with Gasteiger partial charge in [0.05, 0.1) is 31.3 Å². The van der Waals surface area contributed by atoms with Crippen molar-refractivity contribution in [2.45, 2.75) is 58.2 Å². The van der Waals surface area contributed by atoms with Crippen molar-refractivity contribution >= 4 is 17.9 Å². The van der Waals surface area contributed by atoms with E-state index < -0.39 is 5.97 Å². The second-order valence-corrected chi connectivity index (χ2v) is 11.3. The lowest BCUT2D eigenvalue weighted by Crippen LogP contribution is -2.38. The number of benzene rings is 2. The predicted molar refractivity (Wildman–Crippen MR) is 152 cm³/mol.